The number of anilines is 2. The second-order valence-corrected chi connectivity index (χ2v) is 9.28. The van der Waals surface area contributed by atoms with Crippen molar-refractivity contribution in [3.8, 4) is 0 Å². The molecule has 2 aromatic carbocycles. The second-order valence-electron chi connectivity index (χ2n) is 6.19. The first kappa shape index (κ1) is 19.1. The van der Waals surface area contributed by atoms with E-state index in [4.69, 9.17) is 4.98 Å². The maximum Gasteiger partial charge on any atom is 0.230 e. The Hall–Kier alpha value is -2.22. The number of aryl methyl sites for hydroxylation is 1. The number of carbonyl (C=O) groups excluding carboxylic acids is 1. The summed E-state index contributed by atoms with van der Waals surface area (Å²) < 4.78 is 2.23. The number of para-hydroxylation sites is 2. The van der Waals surface area contributed by atoms with Crippen molar-refractivity contribution in [3.05, 3.63) is 65.2 Å². The van der Waals surface area contributed by atoms with Gasteiger partial charge in [0.15, 0.2) is 9.47 Å². The number of rotatable bonds is 6. The van der Waals surface area contributed by atoms with E-state index in [0.717, 1.165) is 39.0 Å². The largest absolute Gasteiger partial charge is 0.274 e. The van der Waals surface area contributed by atoms with Gasteiger partial charge < -0.3 is 0 Å². The molecule has 0 aliphatic rings. The maximum absolute atomic E-state index is 12.4. The van der Waals surface area contributed by atoms with E-state index in [1.165, 1.54) is 16.0 Å². The molecule has 0 bridgehead atoms. The zero-order chi connectivity index (χ0) is 19.5. The topological polar surface area (TPSA) is 46.1 Å². The number of amides is 1. The summed E-state index contributed by atoms with van der Waals surface area (Å²) in [4.78, 5) is 23.5. The van der Waals surface area contributed by atoms with Crippen LogP contribution in [-0.4, -0.2) is 15.9 Å². The monoisotopic (exact) mass is 425 g/mol. The quantitative estimate of drug-likeness (QED) is 0.340. The van der Waals surface area contributed by atoms with E-state index < -0.39 is 0 Å². The Bertz CT molecular complexity index is 1090. The predicted octanol–water partition coefficient (Wildman–Crippen LogP) is 6.29. The SMILES string of the molecule is CCc1ccccc1N(C(C)=O)c1nc(CSc2nc3ccccc3s2)cs1. The van der Waals surface area contributed by atoms with Crippen molar-refractivity contribution in [2.75, 3.05) is 4.90 Å². The van der Waals surface area contributed by atoms with Crippen LogP contribution in [0.2, 0.25) is 0 Å². The van der Waals surface area contributed by atoms with E-state index in [1.54, 1.807) is 34.9 Å². The summed E-state index contributed by atoms with van der Waals surface area (Å²) in [7, 11) is 0. The van der Waals surface area contributed by atoms with Gasteiger partial charge in [-0.25, -0.2) is 9.97 Å². The van der Waals surface area contributed by atoms with Gasteiger partial charge in [-0.15, -0.1) is 22.7 Å². The van der Waals surface area contributed by atoms with Gasteiger partial charge in [-0.2, -0.15) is 0 Å². The van der Waals surface area contributed by atoms with Crippen molar-refractivity contribution in [1.82, 2.24) is 9.97 Å². The van der Waals surface area contributed by atoms with Crippen LogP contribution in [-0.2, 0) is 17.0 Å². The molecule has 0 radical (unpaired) electrons. The number of hydrogen-bond acceptors (Lipinski definition) is 6. The van der Waals surface area contributed by atoms with Crippen molar-refractivity contribution in [1.29, 1.82) is 0 Å². The zero-order valence-electron chi connectivity index (χ0n) is 15.6. The van der Waals surface area contributed by atoms with E-state index in [1.807, 2.05) is 41.8 Å². The van der Waals surface area contributed by atoms with Crippen LogP contribution in [0.1, 0.15) is 25.1 Å². The molecule has 0 fully saturated rings. The summed E-state index contributed by atoms with van der Waals surface area (Å²) in [6.45, 7) is 3.68. The Kier molecular flexibility index (Phi) is 5.75. The van der Waals surface area contributed by atoms with Gasteiger partial charge in [0, 0.05) is 18.1 Å². The first-order chi connectivity index (χ1) is 13.7. The lowest BCUT2D eigenvalue weighted by molar-refractivity contribution is -0.115. The van der Waals surface area contributed by atoms with E-state index in [2.05, 4.69) is 24.0 Å². The Balaban J connectivity index is 1.54. The predicted molar refractivity (Wildman–Crippen MR) is 120 cm³/mol. The van der Waals surface area contributed by atoms with Crippen molar-refractivity contribution in [2.45, 2.75) is 30.4 Å². The smallest absolute Gasteiger partial charge is 0.230 e. The lowest BCUT2D eigenvalue weighted by Gasteiger charge is -2.20. The molecule has 0 unspecified atom stereocenters. The number of fused-ring (bicyclic) bond motifs is 1. The summed E-state index contributed by atoms with van der Waals surface area (Å²) in [6, 6.07) is 16.2. The average molecular weight is 426 g/mol. The highest BCUT2D eigenvalue weighted by atomic mass is 32.2. The average Bonchev–Trinajstić information content (AvgIpc) is 3.33. The van der Waals surface area contributed by atoms with Crippen LogP contribution in [0, 0.1) is 0 Å². The third-order valence-corrected chi connectivity index (χ3v) is 7.36. The van der Waals surface area contributed by atoms with Gasteiger partial charge in [-0.05, 0) is 30.2 Å². The van der Waals surface area contributed by atoms with Gasteiger partial charge in [-0.1, -0.05) is 49.0 Å². The highest BCUT2D eigenvalue weighted by Gasteiger charge is 2.20. The minimum atomic E-state index is -0.0272. The fourth-order valence-corrected chi connectivity index (χ4v) is 5.90. The highest BCUT2D eigenvalue weighted by Crippen LogP contribution is 2.35. The van der Waals surface area contributed by atoms with Gasteiger partial charge in [0.25, 0.3) is 0 Å². The normalized spacial score (nSPS) is 11.1. The molecule has 2 heterocycles. The number of carbonyl (C=O) groups is 1. The van der Waals surface area contributed by atoms with E-state index >= 15 is 0 Å². The van der Waals surface area contributed by atoms with E-state index in [9.17, 15) is 4.79 Å². The van der Waals surface area contributed by atoms with Crippen LogP contribution in [0.25, 0.3) is 10.2 Å². The lowest BCUT2D eigenvalue weighted by Crippen LogP contribution is -2.23. The van der Waals surface area contributed by atoms with Crippen molar-refractivity contribution < 1.29 is 4.79 Å². The van der Waals surface area contributed by atoms with Gasteiger partial charge in [-0.3, -0.25) is 9.69 Å². The Morgan fingerprint density at radius 1 is 1.11 bits per heavy atom. The number of thioether (sulfide) groups is 1. The summed E-state index contributed by atoms with van der Waals surface area (Å²) in [5.74, 6) is 0.706. The first-order valence-electron chi connectivity index (χ1n) is 8.97. The maximum atomic E-state index is 12.4. The summed E-state index contributed by atoms with van der Waals surface area (Å²) in [6.07, 6.45) is 0.867. The number of benzene rings is 2. The molecule has 0 saturated carbocycles. The molecule has 142 valence electrons. The van der Waals surface area contributed by atoms with Crippen LogP contribution in [0.15, 0.2) is 58.3 Å². The molecular formula is C21H19N3OS3. The Morgan fingerprint density at radius 3 is 2.68 bits per heavy atom. The van der Waals surface area contributed by atoms with Gasteiger partial charge >= 0.3 is 0 Å². The molecule has 0 atom stereocenters. The number of aromatic nitrogens is 2. The van der Waals surface area contributed by atoms with Gasteiger partial charge in [0.2, 0.25) is 5.91 Å². The van der Waals surface area contributed by atoms with E-state index in [-0.39, 0.29) is 5.91 Å². The Morgan fingerprint density at radius 2 is 1.89 bits per heavy atom. The lowest BCUT2D eigenvalue weighted by atomic mass is 10.1. The zero-order valence-corrected chi connectivity index (χ0v) is 18.0. The van der Waals surface area contributed by atoms with Crippen LogP contribution in [0.4, 0.5) is 10.8 Å². The van der Waals surface area contributed by atoms with Crippen molar-refractivity contribution in [2.24, 2.45) is 0 Å². The van der Waals surface area contributed by atoms with Crippen LogP contribution in [0.3, 0.4) is 0 Å². The van der Waals surface area contributed by atoms with Crippen molar-refractivity contribution >= 4 is 61.4 Å². The molecule has 0 aliphatic carbocycles. The first-order valence-corrected chi connectivity index (χ1v) is 11.6. The third kappa shape index (κ3) is 3.97. The highest BCUT2D eigenvalue weighted by molar-refractivity contribution is 8.00. The minimum Gasteiger partial charge on any atom is -0.274 e. The van der Waals surface area contributed by atoms with Gasteiger partial charge in [0.05, 0.1) is 21.6 Å². The number of nitrogens with zero attached hydrogens (tertiary/aromatic N) is 3. The third-order valence-electron chi connectivity index (χ3n) is 4.28. The van der Waals surface area contributed by atoms with Crippen LogP contribution in [0.5, 0.6) is 0 Å². The summed E-state index contributed by atoms with van der Waals surface area (Å²) in [5.41, 5.74) is 4.05. The standard InChI is InChI=1S/C21H19N3OS3/c1-3-15-8-4-6-10-18(15)24(14(2)25)20-22-16(12-26-20)13-27-21-23-17-9-5-7-11-19(17)28-21/h4-12H,3,13H2,1-2H3. The Labute approximate surface area is 176 Å². The fourth-order valence-electron chi connectivity index (χ4n) is 2.95. The molecule has 7 heteroatoms. The summed E-state index contributed by atoms with van der Waals surface area (Å²) in [5, 5.41) is 2.74. The minimum absolute atomic E-state index is 0.0272. The molecule has 0 aliphatic heterocycles. The number of thiazole rings is 2. The molecule has 4 rings (SSSR count). The molecule has 4 aromatic rings. The van der Waals surface area contributed by atoms with Crippen LogP contribution < -0.4 is 4.90 Å². The molecule has 28 heavy (non-hydrogen) atoms. The molecule has 4 nitrogen and oxygen atoms in total. The summed E-state index contributed by atoms with van der Waals surface area (Å²) >= 11 is 4.89. The molecule has 0 spiro atoms. The van der Waals surface area contributed by atoms with E-state index in [0.29, 0.717) is 5.13 Å². The molecule has 0 N–H and O–H groups in total. The fraction of sp³-hybridized carbons (Fsp3) is 0.190. The molecule has 2 aromatic heterocycles. The van der Waals surface area contributed by atoms with Gasteiger partial charge in [0.1, 0.15) is 0 Å². The van der Waals surface area contributed by atoms with Crippen LogP contribution >= 0.6 is 34.4 Å². The van der Waals surface area contributed by atoms with Crippen molar-refractivity contribution in [3.63, 3.8) is 0 Å². The molecule has 0 saturated heterocycles. The number of hydrogen-bond donors (Lipinski definition) is 0. The second kappa shape index (κ2) is 8.43. The molecular weight excluding hydrogens is 406 g/mol. The molecule has 1 amide bonds.